The van der Waals surface area contributed by atoms with Crippen LogP contribution in [0.5, 0.6) is 0 Å². The zero-order valence-corrected chi connectivity index (χ0v) is 14.2. The number of pyridine rings is 1. The number of aromatic nitrogens is 3. The maximum absolute atomic E-state index is 5.29. The van der Waals surface area contributed by atoms with Crippen LogP contribution in [0.1, 0.15) is 18.7 Å². The monoisotopic (exact) mass is 338 g/mol. The van der Waals surface area contributed by atoms with Gasteiger partial charge < -0.3 is 9.84 Å². The summed E-state index contributed by atoms with van der Waals surface area (Å²) >= 11 is 1.94. The Morgan fingerprint density at radius 2 is 2.00 bits per heavy atom. The fraction of sp³-hybridized carbons (Fsp3) is 0.278. The van der Waals surface area contributed by atoms with E-state index in [1.807, 2.05) is 30.8 Å². The van der Waals surface area contributed by atoms with Crippen molar-refractivity contribution < 1.29 is 4.52 Å². The lowest BCUT2D eigenvalue weighted by Gasteiger charge is -2.17. The zero-order chi connectivity index (χ0) is 16.4. The molecule has 2 heterocycles. The van der Waals surface area contributed by atoms with Gasteiger partial charge in [-0.15, -0.1) is 11.8 Å². The van der Waals surface area contributed by atoms with Gasteiger partial charge in [0.1, 0.15) is 5.82 Å². The minimum Gasteiger partial charge on any atom is -0.368 e. The molecule has 1 saturated carbocycles. The molecule has 24 heavy (non-hydrogen) atoms. The third kappa shape index (κ3) is 3.28. The van der Waals surface area contributed by atoms with Crippen molar-refractivity contribution in [3.05, 3.63) is 54.5 Å². The molecule has 0 bridgehead atoms. The predicted octanol–water partition coefficient (Wildman–Crippen LogP) is 4.18. The second-order valence-electron chi connectivity index (χ2n) is 6.00. The summed E-state index contributed by atoms with van der Waals surface area (Å²) in [4.78, 5) is 10.1. The third-order valence-electron chi connectivity index (χ3n) is 4.03. The lowest BCUT2D eigenvalue weighted by atomic mass is 10.2. The number of hydrogen-bond acceptors (Lipinski definition) is 6. The third-order valence-corrected chi connectivity index (χ3v) is 5.52. The molecule has 6 heteroatoms. The van der Waals surface area contributed by atoms with Crippen LogP contribution in [0.25, 0.3) is 11.5 Å². The van der Waals surface area contributed by atoms with Crippen molar-refractivity contribution in [2.24, 2.45) is 0 Å². The number of rotatable bonds is 6. The molecular weight excluding hydrogens is 320 g/mol. The highest BCUT2D eigenvalue weighted by molar-refractivity contribution is 8.01. The van der Waals surface area contributed by atoms with Gasteiger partial charge in [0.25, 0.3) is 5.89 Å². The Morgan fingerprint density at radius 1 is 1.17 bits per heavy atom. The standard InChI is InChI=1S/C18H18N4OS/c1-13-21-17(23-22-13)15-8-5-11-19-16(15)20-12-18(9-10-18)24-14-6-3-2-4-7-14/h2-8,11H,9-10,12H2,1H3,(H,19,20). The average molecular weight is 338 g/mol. The molecule has 1 N–H and O–H groups in total. The van der Waals surface area contributed by atoms with Crippen LogP contribution in [-0.4, -0.2) is 26.4 Å². The van der Waals surface area contributed by atoms with Crippen molar-refractivity contribution in [3.8, 4) is 11.5 Å². The van der Waals surface area contributed by atoms with Gasteiger partial charge in [-0.25, -0.2) is 4.98 Å². The Hall–Kier alpha value is -2.34. The summed E-state index contributed by atoms with van der Waals surface area (Å²) in [6.07, 6.45) is 4.20. The first-order valence-electron chi connectivity index (χ1n) is 7.98. The molecule has 0 unspecified atom stereocenters. The van der Waals surface area contributed by atoms with E-state index in [2.05, 4.69) is 50.8 Å². The van der Waals surface area contributed by atoms with Gasteiger partial charge >= 0.3 is 0 Å². The summed E-state index contributed by atoms with van der Waals surface area (Å²) in [5.41, 5.74) is 0.846. The van der Waals surface area contributed by atoms with E-state index in [0.29, 0.717) is 11.7 Å². The summed E-state index contributed by atoms with van der Waals surface area (Å²) < 4.78 is 5.54. The highest BCUT2D eigenvalue weighted by Crippen LogP contribution is 2.51. The number of benzene rings is 1. The average Bonchev–Trinajstić information content (AvgIpc) is 3.24. The van der Waals surface area contributed by atoms with Crippen molar-refractivity contribution in [1.82, 2.24) is 15.1 Å². The fourth-order valence-electron chi connectivity index (χ4n) is 2.56. The fourth-order valence-corrected chi connectivity index (χ4v) is 3.81. The first kappa shape index (κ1) is 15.2. The molecule has 5 nitrogen and oxygen atoms in total. The van der Waals surface area contributed by atoms with Crippen LogP contribution in [0.4, 0.5) is 5.82 Å². The van der Waals surface area contributed by atoms with E-state index in [0.717, 1.165) is 17.9 Å². The van der Waals surface area contributed by atoms with E-state index >= 15 is 0 Å². The predicted molar refractivity (Wildman–Crippen MR) is 95.0 cm³/mol. The minimum absolute atomic E-state index is 0.251. The Kier molecular flexibility index (Phi) is 3.98. The van der Waals surface area contributed by atoms with Crippen LogP contribution in [0.15, 0.2) is 58.1 Å². The number of thioether (sulfide) groups is 1. The van der Waals surface area contributed by atoms with Gasteiger partial charge in [0.15, 0.2) is 5.82 Å². The number of aryl methyl sites for hydroxylation is 1. The minimum atomic E-state index is 0.251. The van der Waals surface area contributed by atoms with Crippen LogP contribution in [0.2, 0.25) is 0 Å². The molecule has 1 aliphatic rings. The van der Waals surface area contributed by atoms with Crippen molar-refractivity contribution in [1.29, 1.82) is 0 Å². The van der Waals surface area contributed by atoms with Gasteiger partial charge in [0, 0.05) is 22.4 Å². The number of anilines is 1. The largest absolute Gasteiger partial charge is 0.368 e. The van der Waals surface area contributed by atoms with Crippen molar-refractivity contribution >= 4 is 17.6 Å². The molecule has 2 aromatic heterocycles. The summed E-state index contributed by atoms with van der Waals surface area (Å²) in [6.45, 7) is 2.68. The Balaban J connectivity index is 1.48. The maximum Gasteiger partial charge on any atom is 0.261 e. The molecule has 0 amide bonds. The lowest BCUT2D eigenvalue weighted by Crippen LogP contribution is -2.18. The molecule has 1 fully saturated rings. The van der Waals surface area contributed by atoms with Gasteiger partial charge in [0.05, 0.1) is 5.56 Å². The lowest BCUT2D eigenvalue weighted by molar-refractivity contribution is 0.425. The normalized spacial score (nSPS) is 15.2. The molecule has 122 valence electrons. The van der Waals surface area contributed by atoms with Gasteiger partial charge in [-0.2, -0.15) is 4.98 Å². The molecule has 3 aromatic rings. The molecule has 0 spiro atoms. The maximum atomic E-state index is 5.29. The Bertz CT molecular complexity index is 830. The second-order valence-corrected chi connectivity index (χ2v) is 7.54. The number of nitrogens with one attached hydrogen (secondary N) is 1. The summed E-state index contributed by atoms with van der Waals surface area (Å²) in [6, 6.07) is 14.4. The summed E-state index contributed by atoms with van der Waals surface area (Å²) in [7, 11) is 0. The van der Waals surface area contributed by atoms with E-state index < -0.39 is 0 Å². The molecule has 1 aromatic carbocycles. The van der Waals surface area contributed by atoms with Gasteiger partial charge in [-0.3, -0.25) is 0 Å². The molecule has 0 atom stereocenters. The SMILES string of the molecule is Cc1noc(-c2cccnc2NCC2(Sc3ccccc3)CC2)n1. The van der Waals surface area contributed by atoms with Crippen molar-refractivity contribution in [3.63, 3.8) is 0 Å². The van der Waals surface area contributed by atoms with E-state index in [4.69, 9.17) is 4.52 Å². The first-order chi connectivity index (χ1) is 11.7. The van der Waals surface area contributed by atoms with Crippen molar-refractivity contribution in [2.75, 3.05) is 11.9 Å². The molecule has 0 aliphatic heterocycles. The quantitative estimate of drug-likeness (QED) is 0.727. The summed E-state index contributed by atoms with van der Waals surface area (Å²) in [5.74, 6) is 1.92. The molecule has 1 aliphatic carbocycles. The van der Waals surface area contributed by atoms with Crippen molar-refractivity contribution in [2.45, 2.75) is 29.4 Å². The van der Waals surface area contributed by atoms with Gasteiger partial charge in [0.2, 0.25) is 0 Å². The van der Waals surface area contributed by atoms with E-state index in [9.17, 15) is 0 Å². The number of nitrogens with zero attached hydrogens (tertiary/aromatic N) is 3. The highest BCUT2D eigenvalue weighted by atomic mass is 32.2. The van der Waals surface area contributed by atoms with Crippen LogP contribution in [-0.2, 0) is 0 Å². The molecule has 0 saturated heterocycles. The van der Waals surface area contributed by atoms with Crippen LogP contribution >= 0.6 is 11.8 Å². The number of hydrogen-bond donors (Lipinski definition) is 1. The second kappa shape index (κ2) is 6.28. The van der Waals surface area contributed by atoms with E-state index in [-0.39, 0.29) is 4.75 Å². The van der Waals surface area contributed by atoms with Gasteiger partial charge in [-0.1, -0.05) is 23.4 Å². The Morgan fingerprint density at radius 3 is 2.71 bits per heavy atom. The molecular formula is C18H18N4OS. The highest BCUT2D eigenvalue weighted by Gasteiger charge is 2.43. The van der Waals surface area contributed by atoms with Crippen LogP contribution in [0.3, 0.4) is 0 Å². The zero-order valence-electron chi connectivity index (χ0n) is 13.4. The molecule has 4 rings (SSSR count). The first-order valence-corrected chi connectivity index (χ1v) is 8.79. The van der Waals surface area contributed by atoms with Gasteiger partial charge in [-0.05, 0) is 44.0 Å². The smallest absolute Gasteiger partial charge is 0.261 e. The van der Waals surface area contributed by atoms with E-state index in [1.54, 1.807) is 6.20 Å². The van der Waals surface area contributed by atoms with Crippen LogP contribution in [0, 0.1) is 6.92 Å². The summed E-state index contributed by atoms with van der Waals surface area (Å²) in [5, 5.41) is 7.35. The van der Waals surface area contributed by atoms with E-state index in [1.165, 1.54) is 17.7 Å². The van der Waals surface area contributed by atoms with Crippen LogP contribution < -0.4 is 5.32 Å². The molecule has 0 radical (unpaired) electrons. The Labute approximate surface area is 144 Å². The topological polar surface area (TPSA) is 63.8 Å².